The molecule has 3 aromatic rings. The molecular weight excluding hydrogens is 452 g/mol. The highest BCUT2D eigenvalue weighted by molar-refractivity contribution is 8.13. The van der Waals surface area contributed by atoms with Crippen LogP contribution in [0.25, 0.3) is 0 Å². The third kappa shape index (κ3) is 4.81. The molecule has 2 heterocycles. The molecule has 9 heteroatoms. The van der Waals surface area contributed by atoms with Gasteiger partial charge in [-0.3, -0.25) is 4.98 Å². The summed E-state index contributed by atoms with van der Waals surface area (Å²) in [7, 11) is -3.90. The molecule has 0 saturated carbocycles. The molecule has 1 aromatic heterocycles. The lowest BCUT2D eigenvalue weighted by atomic mass is 9.91. The molecule has 158 valence electrons. The molecule has 6 nitrogen and oxygen atoms in total. The van der Waals surface area contributed by atoms with Gasteiger partial charge in [0.15, 0.2) is 5.17 Å². The van der Waals surface area contributed by atoms with Crippen molar-refractivity contribution in [3.05, 3.63) is 95.3 Å². The summed E-state index contributed by atoms with van der Waals surface area (Å²) in [5.74, 6) is -0.0409. The van der Waals surface area contributed by atoms with E-state index in [9.17, 15) is 8.42 Å². The van der Waals surface area contributed by atoms with Gasteiger partial charge in [-0.25, -0.2) is 5.01 Å². The average molecular weight is 471 g/mol. The lowest BCUT2D eigenvalue weighted by Crippen LogP contribution is -2.24. The first-order valence-electron chi connectivity index (χ1n) is 9.44. The minimum atomic E-state index is -3.90. The molecule has 0 saturated heterocycles. The van der Waals surface area contributed by atoms with Gasteiger partial charge in [0.05, 0.1) is 12.3 Å². The molecule has 0 radical (unpaired) electrons. The number of sulfonamides is 1. The van der Waals surface area contributed by atoms with Gasteiger partial charge >= 0.3 is 0 Å². The van der Waals surface area contributed by atoms with Crippen molar-refractivity contribution in [1.82, 2.24) is 9.99 Å². The molecular formula is C22H19ClN4O2S2. The van der Waals surface area contributed by atoms with Crippen LogP contribution in [0.3, 0.4) is 0 Å². The second kappa shape index (κ2) is 9.21. The maximum Gasteiger partial charge on any atom is 0.286 e. The minimum Gasteiger partial charge on any atom is -0.263 e. The van der Waals surface area contributed by atoms with E-state index in [-0.39, 0.29) is 10.8 Å². The Morgan fingerprint density at radius 1 is 1.10 bits per heavy atom. The van der Waals surface area contributed by atoms with Crippen LogP contribution in [0.5, 0.6) is 0 Å². The average Bonchev–Trinajstić information content (AvgIpc) is 3.24. The van der Waals surface area contributed by atoms with Gasteiger partial charge in [0.1, 0.15) is 4.90 Å². The largest absolute Gasteiger partial charge is 0.286 e. The number of pyridine rings is 1. The fraction of sp³-hybridized carbons (Fsp3) is 0.136. The van der Waals surface area contributed by atoms with Crippen LogP contribution in [0, 0.1) is 0 Å². The van der Waals surface area contributed by atoms with Crippen LogP contribution in [0.2, 0.25) is 5.02 Å². The Kier molecular flexibility index (Phi) is 6.41. The Bertz CT molecular complexity index is 1220. The molecule has 0 N–H and O–H groups in total. The third-order valence-electron chi connectivity index (χ3n) is 4.79. The summed E-state index contributed by atoms with van der Waals surface area (Å²) < 4.78 is 29.6. The molecule has 31 heavy (non-hydrogen) atoms. The summed E-state index contributed by atoms with van der Waals surface area (Å²) >= 11 is 7.29. The third-order valence-corrected chi connectivity index (χ3v) is 7.08. The van der Waals surface area contributed by atoms with Crippen molar-refractivity contribution in [2.45, 2.75) is 10.8 Å². The van der Waals surface area contributed by atoms with Gasteiger partial charge in [0.2, 0.25) is 0 Å². The van der Waals surface area contributed by atoms with Gasteiger partial charge in [-0.2, -0.15) is 13.5 Å². The predicted molar refractivity (Wildman–Crippen MR) is 126 cm³/mol. The molecule has 2 aromatic carbocycles. The zero-order chi connectivity index (χ0) is 21.8. The maximum atomic E-state index is 12.8. The standard InChI is InChI=1S/C22H19ClN4O2S2/c1-30-22(26-31(28,29)19-8-5-13-24-14-19)27-15-20(16-6-3-2-4-7-16)21(25-27)17-9-11-18(23)12-10-17/h2-14,20H,15H2,1H3. The SMILES string of the molecule is CSC(=NS(=O)(=O)c1cccnc1)N1CC(c2ccccc2)C(c2ccc(Cl)cc2)=N1. The molecule has 1 unspecified atom stereocenters. The smallest absolute Gasteiger partial charge is 0.263 e. The molecule has 0 spiro atoms. The summed E-state index contributed by atoms with van der Waals surface area (Å²) in [6.07, 6.45) is 4.59. The zero-order valence-corrected chi connectivity index (χ0v) is 19.0. The number of hydrogen-bond donors (Lipinski definition) is 0. The second-order valence-electron chi connectivity index (χ2n) is 6.78. The van der Waals surface area contributed by atoms with Crippen LogP contribution in [-0.4, -0.2) is 42.1 Å². The van der Waals surface area contributed by atoms with Gasteiger partial charge in [-0.05, 0) is 41.6 Å². The van der Waals surface area contributed by atoms with Crippen molar-refractivity contribution < 1.29 is 8.42 Å². The Balaban J connectivity index is 1.74. The first-order valence-corrected chi connectivity index (χ1v) is 12.5. The van der Waals surface area contributed by atoms with Crippen molar-refractivity contribution in [3.63, 3.8) is 0 Å². The van der Waals surface area contributed by atoms with E-state index in [0.29, 0.717) is 16.7 Å². The predicted octanol–water partition coefficient (Wildman–Crippen LogP) is 4.65. The molecule has 4 rings (SSSR count). The maximum absolute atomic E-state index is 12.8. The van der Waals surface area contributed by atoms with Crippen molar-refractivity contribution in [1.29, 1.82) is 0 Å². The normalized spacial score (nSPS) is 17.0. The monoisotopic (exact) mass is 470 g/mol. The van der Waals surface area contributed by atoms with E-state index in [0.717, 1.165) is 16.8 Å². The van der Waals surface area contributed by atoms with Gasteiger partial charge < -0.3 is 0 Å². The molecule has 1 atom stereocenters. The van der Waals surface area contributed by atoms with E-state index >= 15 is 0 Å². The lowest BCUT2D eigenvalue weighted by molar-refractivity contribution is 0.484. The molecule has 0 bridgehead atoms. The summed E-state index contributed by atoms with van der Waals surface area (Å²) in [5.41, 5.74) is 2.86. The zero-order valence-electron chi connectivity index (χ0n) is 16.6. The van der Waals surface area contributed by atoms with Crippen LogP contribution >= 0.6 is 23.4 Å². The number of halogens is 1. The number of nitrogens with zero attached hydrogens (tertiary/aromatic N) is 4. The van der Waals surface area contributed by atoms with Crippen LogP contribution in [0.15, 0.2) is 93.5 Å². The number of hydrogen-bond acceptors (Lipinski definition) is 5. The van der Waals surface area contributed by atoms with Gasteiger partial charge in [-0.15, -0.1) is 4.40 Å². The molecule has 0 fully saturated rings. The summed E-state index contributed by atoms with van der Waals surface area (Å²) in [6.45, 7) is 0.476. The van der Waals surface area contributed by atoms with E-state index < -0.39 is 10.0 Å². The lowest BCUT2D eigenvalue weighted by Gasteiger charge is -2.17. The topological polar surface area (TPSA) is 75.0 Å². The quantitative estimate of drug-likeness (QED) is 0.410. The Morgan fingerprint density at radius 2 is 1.84 bits per heavy atom. The summed E-state index contributed by atoms with van der Waals surface area (Å²) in [5, 5.41) is 7.37. The van der Waals surface area contributed by atoms with E-state index in [1.54, 1.807) is 17.3 Å². The fourth-order valence-electron chi connectivity index (χ4n) is 3.29. The summed E-state index contributed by atoms with van der Waals surface area (Å²) in [4.78, 5) is 3.93. The molecule has 0 aliphatic carbocycles. The van der Waals surface area contributed by atoms with Crippen molar-refractivity contribution >= 4 is 44.3 Å². The van der Waals surface area contributed by atoms with Crippen molar-refractivity contribution in [2.75, 3.05) is 12.8 Å². The van der Waals surface area contributed by atoms with E-state index in [1.807, 2.05) is 54.6 Å². The number of benzene rings is 2. The Hall–Kier alpha value is -2.68. The van der Waals surface area contributed by atoms with Gasteiger partial charge in [0.25, 0.3) is 10.0 Å². The molecule has 0 amide bonds. The van der Waals surface area contributed by atoms with Crippen LogP contribution in [0.4, 0.5) is 0 Å². The van der Waals surface area contributed by atoms with Crippen LogP contribution in [-0.2, 0) is 10.0 Å². The van der Waals surface area contributed by atoms with E-state index in [1.165, 1.54) is 30.2 Å². The van der Waals surface area contributed by atoms with Crippen molar-refractivity contribution in [3.8, 4) is 0 Å². The van der Waals surface area contributed by atoms with E-state index in [4.69, 9.17) is 16.7 Å². The second-order valence-corrected chi connectivity index (χ2v) is 9.59. The number of thioether (sulfide) groups is 1. The molecule has 1 aliphatic heterocycles. The first kappa shape index (κ1) is 21.5. The summed E-state index contributed by atoms with van der Waals surface area (Å²) in [6, 6.07) is 20.5. The van der Waals surface area contributed by atoms with Gasteiger partial charge in [-0.1, -0.05) is 65.8 Å². The number of amidine groups is 1. The number of rotatable bonds is 4. The van der Waals surface area contributed by atoms with Crippen LogP contribution in [0.1, 0.15) is 17.0 Å². The highest BCUT2D eigenvalue weighted by Crippen LogP contribution is 2.31. The molecule has 1 aliphatic rings. The van der Waals surface area contributed by atoms with Crippen LogP contribution < -0.4 is 0 Å². The van der Waals surface area contributed by atoms with Gasteiger partial charge in [0, 0.05) is 23.3 Å². The fourth-order valence-corrected chi connectivity index (χ4v) is 5.19. The number of aromatic nitrogens is 1. The highest BCUT2D eigenvalue weighted by atomic mass is 35.5. The van der Waals surface area contributed by atoms with E-state index in [2.05, 4.69) is 9.38 Å². The minimum absolute atomic E-state index is 0.0409. The number of hydrazone groups is 1. The Morgan fingerprint density at radius 3 is 2.48 bits per heavy atom. The highest BCUT2D eigenvalue weighted by Gasteiger charge is 2.32. The first-order chi connectivity index (χ1) is 15.0. The Labute approximate surface area is 190 Å². The van der Waals surface area contributed by atoms with Crippen molar-refractivity contribution in [2.24, 2.45) is 9.50 Å².